The van der Waals surface area contributed by atoms with Gasteiger partial charge in [-0.3, -0.25) is 9.51 Å². The third-order valence-electron chi connectivity index (χ3n) is 1.66. The Bertz CT molecular complexity index is 520. The van der Waals surface area contributed by atoms with Crippen molar-refractivity contribution in [1.82, 2.24) is 10.1 Å². The first-order valence-electron chi connectivity index (χ1n) is 3.72. The molecule has 1 N–H and O–H groups in total. The molecule has 0 radical (unpaired) electrons. The van der Waals surface area contributed by atoms with Crippen molar-refractivity contribution in [2.75, 3.05) is 0 Å². The van der Waals surface area contributed by atoms with Crippen molar-refractivity contribution in [3.8, 4) is 11.4 Å². The van der Waals surface area contributed by atoms with Gasteiger partial charge in [-0.05, 0) is 18.2 Å². The minimum absolute atomic E-state index is 0.352. The first kappa shape index (κ1) is 9.36. The van der Waals surface area contributed by atoms with E-state index in [4.69, 9.17) is 11.6 Å². The van der Waals surface area contributed by atoms with Crippen LogP contribution in [-0.2, 0) is 0 Å². The summed E-state index contributed by atoms with van der Waals surface area (Å²) in [5.41, 5.74) is 0.679. The van der Waals surface area contributed by atoms with Gasteiger partial charge in [-0.25, -0.2) is 4.79 Å². The summed E-state index contributed by atoms with van der Waals surface area (Å²) in [6, 6.07) is 5.10. The lowest BCUT2D eigenvalue weighted by atomic mass is 10.2. The molecular formula is C8H5ClN2O2S. The highest BCUT2D eigenvalue weighted by Gasteiger charge is 2.05. The summed E-state index contributed by atoms with van der Waals surface area (Å²) in [4.78, 5) is 13.8. The molecule has 0 atom stereocenters. The van der Waals surface area contributed by atoms with Crippen LogP contribution in [0.15, 0.2) is 32.4 Å². The lowest BCUT2D eigenvalue weighted by Gasteiger charge is -1.98. The van der Waals surface area contributed by atoms with E-state index in [1.807, 2.05) is 0 Å². The summed E-state index contributed by atoms with van der Waals surface area (Å²) in [6.07, 6.45) is 0. The van der Waals surface area contributed by atoms with Crippen LogP contribution in [0.25, 0.3) is 11.4 Å². The van der Waals surface area contributed by atoms with Gasteiger partial charge in [0.15, 0.2) is 5.82 Å². The molecule has 0 spiro atoms. The zero-order chi connectivity index (χ0) is 10.1. The molecule has 14 heavy (non-hydrogen) atoms. The van der Waals surface area contributed by atoms with Crippen molar-refractivity contribution in [3.63, 3.8) is 0 Å². The first-order chi connectivity index (χ1) is 6.66. The quantitative estimate of drug-likeness (QED) is 0.734. The van der Waals surface area contributed by atoms with Gasteiger partial charge in [-0.15, -0.1) is 12.6 Å². The monoisotopic (exact) mass is 228 g/mol. The van der Waals surface area contributed by atoms with Crippen LogP contribution < -0.4 is 5.76 Å². The number of aromatic nitrogens is 2. The fourth-order valence-corrected chi connectivity index (χ4v) is 1.33. The van der Waals surface area contributed by atoms with Crippen LogP contribution >= 0.6 is 24.2 Å². The number of rotatable bonds is 1. The van der Waals surface area contributed by atoms with Gasteiger partial charge in [-0.2, -0.15) is 0 Å². The number of nitrogens with one attached hydrogen (secondary N) is 1. The summed E-state index contributed by atoms with van der Waals surface area (Å²) in [5.74, 6) is -0.240. The van der Waals surface area contributed by atoms with Crippen molar-refractivity contribution in [1.29, 1.82) is 0 Å². The Morgan fingerprint density at radius 1 is 1.50 bits per heavy atom. The number of hydrogen-bond acceptors (Lipinski definition) is 4. The van der Waals surface area contributed by atoms with Crippen molar-refractivity contribution in [3.05, 3.63) is 33.8 Å². The van der Waals surface area contributed by atoms with Gasteiger partial charge < -0.3 is 0 Å². The molecule has 0 amide bonds. The molecule has 0 aliphatic carbocycles. The molecule has 0 saturated heterocycles. The minimum atomic E-state index is -0.592. The van der Waals surface area contributed by atoms with E-state index in [0.29, 0.717) is 21.3 Å². The zero-order valence-corrected chi connectivity index (χ0v) is 8.47. The van der Waals surface area contributed by atoms with Gasteiger partial charge in [0.2, 0.25) is 0 Å². The van der Waals surface area contributed by atoms with Crippen LogP contribution in [-0.4, -0.2) is 10.1 Å². The molecular weight excluding hydrogens is 224 g/mol. The van der Waals surface area contributed by atoms with Gasteiger partial charge in [0, 0.05) is 10.5 Å². The third kappa shape index (κ3) is 1.69. The van der Waals surface area contributed by atoms with Gasteiger partial charge in [0.05, 0.1) is 5.02 Å². The Balaban J connectivity index is 2.52. The van der Waals surface area contributed by atoms with Gasteiger partial charge in [0.1, 0.15) is 0 Å². The van der Waals surface area contributed by atoms with Gasteiger partial charge in [0.25, 0.3) is 0 Å². The van der Waals surface area contributed by atoms with Crippen molar-refractivity contribution >= 4 is 24.2 Å². The largest absolute Gasteiger partial charge is 0.439 e. The van der Waals surface area contributed by atoms with Crippen LogP contribution in [0.4, 0.5) is 0 Å². The number of benzene rings is 1. The normalized spacial score (nSPS) is 10.4. The van der Waals surface area contributed by atoms with Crippen molar-refractivity contribution < 1.29 is 4.52 Å². The second-order valence-electron chi connectivity index (χ2n) is 2.61. The average Bonchev–Trinajstić information content (AvgIpc) is 2.57. The van der Waals surface area contributed by atoms with E-state index in [1.54, 1.807) is 18.2 Å². The summed E-state index contributed by atoms with van der Waals surface area (Å²) >= 11 is 9.96. The molecule has 72 valence electrons. The SMILES string of the molecule is O=c1[nH]c(-c2ccc(S)c(Cl)c2)no1. The molecule has 0 aliphatic heterocycles. The second-order valence-corrected chi connectivity index (χ2v) is 3.50. The van der Waals surface area contributed by atoms with E-state index < -0.39 is 5.76 Å². The van der Waals surface area contributed by atoms with E-state index in [0.717, 1.165) is 0 Å². The predicted octanol–water partition coefficient (Wildman–Crippen LogP) is 1.97. The molecule has 1 aromatic heterocycles. The molecule has 0 unspecified atom stereocenters. The predicted molar refractivity (Wildman–Crippen MR) is 54.8 cm³/mol. The Labute approximate surface area is 89.3 Å². The van der Waals surface area contributed by atoms with Gasteiger partial charge >= 0.3 is 5.76 Å². The number of H-pyrrole nitrogens is 1. The molecule has 4 nitrogen and oxygen atoms in total. The molecule has 0 aliphatic rings. The summed E-state index contributed by atoms with van der Waals surface area (Å²) in [7, 11) is 0. The average molecular weight is 229 g/mol. The van der Waals surface area contributed by atoms with E-state index in [2.05, 4.69) is 27.3 Å². The van der Waals surface area contributed by atoms with E-state index in [-0.39, 0.29) is 0 Å². The molecule has 0 fully saturated rings. The molecule has 6 heteroatoms. The van der Waals surface area contributed by atoms with Crippen molar-refractivity contribution in [2.24, 2.45) is 0 Å². The fraction of sp³-hybridized carbons (Fsp3) is 0. The molecule has 0 saturated carbocycles. The van der Waals surface area contributed by atoms with Crippen LogP contribution in [0.2, 0.25) is 5.02 Å². The summed E-state index contributed by atoms with van der Waals surface area (Å²) in [5, 5.41) is 4.03. The molecule has 2 rings (SSSR count). The number of thiol groups is 1. The maximum atomic E-state index is 10.7. The number of halogens is 1. The highest BCUT2D eigenvalue weighted by molar-refractivity contribution is 7.80. The highest BCUT2D eigenvalue weighted by atomic mass is 35.5. The Morgan fingerprint density at radius 3 is 2.86 bits per heavy atom. The lowest BCUT2D eigenvalue weighted by Crippen LogP contribution is -1.94. The maximum absolute atomic E-state index is 10.7. The topological polar surface area (TPSA) is 58.9 Å². The molecule has 1 heterocycles. The maximum Gasteiger partial charge on any atom is 0.439 e. The number of aromatic amines is 1. The summed E-state index contributed by atoms with van der Waals surface area (Å²) in [6.45, 7) is 0. The standard InChI is InChI=1S/C8H5ClN2O2S/c9-5-3-4(1-2-6(5)14)7-10-8(12)13-11-7/h1-3,14H,(H,10,11,12). The van der Waals surface area contributed by atoms with E-state index in [9.17, 15) is 4.79 Å². The molecule has 2 aromatic rings. The fourth-order valence-electron chi connectivity index (χ4n) is 1.01. The Kier molecular flexibility index (Phi) is 2.35. The van der Waals surface area contributed by atoms with Crippen LogP contribution in [0.1, 0.15) is 0 Å². The van der Waals surface area contributed by atoms with Crippen LogP contribution in [0.5, 0.6) is 0 Å². The second kappa shape index (κ2) is 3.51. The van der Waals surface area contributed by atoms with Crippen molar-refractivity contribution in [2.45, 2.75) is 4.90 Å². The summed E-state index contributed by atoms with van der Waals surface area (Å²) < 4.78 is 4.37. The smallest absolute Gasteiger partial charge is 0.296 e. The first-order valence-corrected chi connectivity index (χ1v) is 4.54. The van der Waals surface area contributed by atoms with Gasteiger partial charge in [-0.1, -0.05) is 16.8 Å². The number of hydrogen-bond donors (Lipinski definition) is 2. The molecule has 1 aromatic carbocycles. The van der Waals surface area contributed by atoms with Crippen LogP contribution in [0, 0.1) is 0 Å². The van der Waals surface area contributed by atoms with Crippen LogP contribution in [0.3, 0.4) is 0 Å². The van der Waals surface area contributed by atoms with E-state index in [1.165, 1.54) is 0 Å². The zero-order valence-electron chi connectivity index (χ0n) is 6.82. The number of nitrogens with zero attached hydrogens (tertiary/aromatic N) is 1. The highest BCUT2D eigenvalue weighted by Crippen LogP contribution is 2.24. The third-order valence-corrected chi connectivity index (χ3v) is 2.50. The Morgan fingerprint density at radius 2 is 2.29 bits per heavy atom. The lowest BCUT2D eigenvalue weighted by molar-refractivity contribution is 0.388. The minimum Gasteiger partial charge on any atom is -0.296 e. The molecule has 0 bridgehead atoms. The Hall–Kier alpha value is -1.20. The van der Waals surface area contributed by atoms with E-state index >= 15 is 0 Å².